The van der Waals surface area contributed by atoms with Crippen LogP contribution in [0.4, 0.5) is 0 Å². The van der Waals surface area contributed by atoms with E-state index in [1.54, 1.807) is 24.3 Å². The molecule has 0 radical (unpaired) electrons. The molecule has 1 aliphatic rings. The summed E-state index contributed by atoms with van der Waals surface area (Å²) in [5, 5.41) is 9.95. The summed E-state index contributed by atoms with van der Waals surface area (Å²) in [6.45, 7) is 6.34. The number of carbonyl (C=O) groups is 1. The van der Waals surface area contributed by atoms with Crippen LogP contribution in [0.1, 0.15) is 54.1 Å². The monoisotopic (exact) mass is 377 g/mol. The number of amides is 1. The highest BCUT2D eigenvalue weighted by Gasteiger charge is 2.42. The lowest BCUT2D eigenvalue weighted by Crippen LogP contribution is -2.32. The smallest absolute Gasteiger partial charge is 0.290 e. The molecule has 2 heterocycles. The number of rotatable bonds is 3. The maximum Gasteiger partial charge on any atom is 0.290 e. The number of carbonyl (C=O) groups excluding carboxylic acids is 1. The summed E-state index contributed by atoms with van der Waals surface area (Å²) in [5.41, 5.74) is 2.54. The highest BCUT2D eigenvalue weighted by atomic mass is 16.3. The van der Waals surface area contributed by atoms with Gasteiger partial charge in [-0.3, -0.25) is 9.59 Å². The van der Waals surface area contributed by atoms with Gasteiger partial charge in [-0.15, -0.1) is 0 Å². The van der Waals surface area contributed by atoms with Crippen LogP contribution in [0.5, 0.6) is 0 Å². The molecule has 3 aromatic rings. The Kier molecular flexibility index (Phi) is 4.35. The van der Waals surface area contributed by atoms with E-state index in [0.29, 0.717) is 16.5 Å². The molecule has 2 aromatic carbocycles. The van der Waals surface area contributed by atoms with E-state index >= 15 is 0 Å². The van der Waals surface area contributed by atoms with E-state index in [1.165, 1.54) is 10.5 Å². The van der Waals surface area contributed by atoms with Crippen molar-refractivity contribution in [1.29, 1.82) is 0 Å². The van der Waals surface area contributed by atoms with E-state index < -0.39 is 6.04 Å². The third kappa shape index (κ3) is 2.83. The van der Waals surface area contributed by atoms with Crippen molar-refractivity contribution in [2.24, 2.45) is 0 Å². The van der Waals surface area contributed by atoms with Crippen molar-refractivity contribution in [2.75, 3.05) is 13.2 Å². The molecule has 4 rings (SSSR count). The van der Waals surface area contributed by atoms with Gasteiger partial charge in [-0.1, -0.05) is 57.2 Å². The fourth-order valence-corrected chi connectivity index (χ4v) is 3.82. The molecule has 0 fully saturated rings. The molecule has 0 spiro atoms. The normalized spacial score (nSPS) is 16.6. The third-order valence-electron chi connectivity index (χ3n) is 5.31. The highest BCUT2D eigenvalue weighted by Crippen LogP contribution is 2.38. The molecule has 0 saturated heterocycles. The standard InChI is InChI=1S/C23H23NO4/c1-23(2,3)15-10-8-14(9-11-15)19-18-20(26)16-6-4-5-7-17(16)28-21(18)22(27)24(19)12-13-25/h4-11,19,25H,12-13H2,1-3H3. The SMILES string of the molecule is CC(C)(C)c1ccc(C2c3c(oc4ccccc4c3=O)C(=O)N2CCO)cc1. The van der Waals surface area contributed by atoms with Gasteiger partial charge in [0.1, 0.15) is 5.58 Å². The van der Waals surface area contributed by atoms with Crippen molar-refractivity contribution in [3.05, 3.63) is 81.2 Å². The first-order chi connectivity index (χ1) is 13.3. The zero-order valence-corrected chi connectivity index (χ0v) is 16.2. The predicted octanol–water partition coefficient (Wildman–Crippen LogP) is 3.63. The van der Waals surface area contributed by atoms with Gasteiger partial charge in [0, 0.05) is 6.54 Å². The van der Waals surface area contributed by atoms with Crippen LogP contribution in [0.3, 0.4) is 0 Å². The molecular weight excluding hydrogens is 354 g/mol. The van der Waals surface area contributed by atoms with Gasteiger partial charge in [0.05, 0.1) is 23.6 Å². The van der Waals surface area contributed by atoms with Gasteiger partial charge in [-0.05, 0) is 28.7 Å². The minimum atomic E-state index is -0.565. The molecule has 1 unspecified atom stereocenters. The zero-order valence-electron chi connectivity index (χ0n) is 16.2. The maximum atomic E-state index is 13.2. The Morgan fingerprint density at radius 2 is 1.71 bits per heavy atom. The van der Waals surface area contributed by atoms with E-state index in [2.05, 4.69) is 20.8 Å². The average molecular weight is 377 g/mol. The lowest BCUT2D eigenvalue weighted by Gasteiger charge is -2.25. The third-order valence-corrected chi connectivity index (χ3v) is 5.31. The molecule has 5 nitrogen and oxygen atoms in total. The lowest BCUT2D eigenvalue weighted by atomic mass is 9.86. The Labute approximate surface area is 163 Å². The van der Waals surface area contributed by atoms with Crippen LogP contribution < -0.4 is 5.43 Å². The molecule has 1 aliphatic heterocycles. The fourth-order valence-electron chi connectivity index (χ4n) is 3.82. The Morgan fingerprint density at radius 1 is 1.04 bits per heavy atom. The van der Waals surface area contributed by atoms with Crippen molar-refractivity contribution in [3.63, 3.8) is 0 Å². The van der Waals surface area contributed by atoms with Crippen molar-refractivity contribution in [2.45, 2.75) is 32.2 Å². The second-order valence-corrected chi connectivity index (χ2v) is 8.17. The number of nitrogens with zero attached hydrogens (tertiary/aromatic N) is 1. The Morgan fingerprint density at radius 3 is 2.36 bits per heavy atom. The van der Waals surface area contributed by atoms with E-state index in [9.17, 15) is 14.7 Å². The number of aliphatic hydroxyl groups excluding tert-OH is 1. The van der Waals surface area contributed by atoms with E-state index in [4.69, 9.17) is 4.42 Å². The van der Waals surface area contributed by atoms with Crippen LogP contribution in [0.15, 0.2) is 57.7 Å². The van der Waals surface area contributed by atoms with E-state index in [-0.39, 0.29) is 35.7 Å². The van der Waals surface area contributed by atoms with Crippen LogP contribution in [-0.4, -0.2) is 29.1 Å². The van der Waals surface area contributed by atoms with Crippen molar-refractivity contribution >= 4 is 16.9 Å². The summed E-state index contributed by atoms with van der Waals surface area (Å²) in [6, 6.07) is 14.3. The summed E-state index contributed by atoms with van der Waals surface area (Å²) in [5.74, 6) is -0.293. The first kappa shape index (κ1) is 18.4. The molecule has 0 saturated carbocycles. The number of para-hydroxylation sites is 1. The second kappa shape index (κ2) is 6.60. The zero-order chi connectivity index (χ0) is 20.1. The largest absolute Gasteiger partial charge is 0.450 e. The summed E-state index contributed by atoms with van der Waals surface area (Å²) in [6.07, 6.45) is 0. The van der Waals surface area contributed by atoms with Gasteiger partial charge < -0.3 is 14.4 Å². The Bertz CT molecular complexity index is 1110. The minimum absolute atomic E-state index is 0.00193. The van der Waals surface area contributed by atoms with Gasteiger partial charge >= 0.3 is 0 Å². The number of hydrogen-bond acceptors (Lipinski definition) is 4. The Balaban J connectivity index is 1.92. The fraction of sp³-hybridized carbons (Fsp3) is 0.304. The number of aliphatic hydroxyl groups is 1. The first-order valence-electron chi connectivity index (χ1n) is 9.41. The van der Waals surface area contributed by atoms with Crippen LogP contribution in [0.25, 0.3) is 11.0 Å². The number of fused-ring (bicyclic) bond motifs is 2. The van der Waals surface area contributed by atoms with Gasteiger partial charge in [0.25, 0.3) is 5.91 Å². The minimum Gasteiger partial charge on any atom is -0.450 e. The molecule has 1 N–H and O–H groups in total. The quantitative estimate of drug-likeness (QED) is 0.757. The van der Waals surface area contributed by atoms with Crippen LogP contribution >= 0.6 is 0 Å². The maximum absolute atomic E-state index is 13.2. The number of benzene rings is 2. The van der Waals surface area contributed by atoms with Crippen LogP contribution in [0, 0.1) is 0 Å². The van der Waals surface area contributed by atoms with Crippen molar-refractivity contribution < 1.29 is 14.3 Å². The molecule has 5 heteroatoms. The lowest BCUT2D eigenvalue weighted by molar-refractivity contribution is 0.0691. The molecule has 1 atom stereocenters. The molecular formula is C23H23NO4. The van der Waals surface area contributed by atoms with Gasteiger partial charge in [0.15, 0.2) is 5.43 Å². The topological polar surface area (TPSA) is 70.8 Å². The molecule has 1 amide bonds. The number of β-amino-alcohol motifs (C(OH)–C–C–N with tert-alkyl or cyclic N) is 1. The van der Waals surface area contributed by atoms with E-state index in [0.717, 1.165) is 5.56 Å². The summed E-state index contributed by atoms with van der Waals surface area (Å²) in [7, 11) is 0. The molecule has 1 aromatic heterocycles. The summed E-state index contributed by atoms with van der Waals surface area (Å²) >= 11 is 0. The molecule has 0 aliphatic carbocycles. The number of hydrogen-bond donors (Lipinski definition) is 1. The highest BCUT2D eigenvalue weighted by molar-refractivity contribution is 5.99. The van der Waals surface area contributed by atoms with Gasteiger partial charge in [-0.2, -0.15) is 0 Å². The van der Waals surface area contributed by atoms with Crippen molar-refractivity contribution in [1.82, 2.24) is 4.90 Å². The average Bonchev–Trinajstić information content (AvgIpc) is 2.94. The van der Waals surface area contributed by atoms with Crippen LogP contribution in [0.2, 0.25) is 0 Å². The van der Waals surface area contributed by atoms with Crippen molar-refractivity contribution in [3.8, 4) is 0 Å². The molecule has 0 bridgehead atoms. The van der Waals surface area contributed by atoms with E-state index in [1.807, 2.05) is 24.3 Å². The Hall–Kier alpha value is -2.92. The molecule has 144 valence electrons. The summed E-state index contributed by atoms with van der Waals surface area (Å²) in [4.78, 5) is 27.7. The molecule has 28 heavy (non-hydrogen) atoms. The predicted molar refractivity (Wildman–Crippen MR) is 108 cm³/mol. The first-order valence-corrected chi connectivity index (χ1v) is 9.41. The second-order valence-electron chi connectivity index (χ2n) is 8.17. The van der Waals surface area contributed by atoms with Crippen LogP contribution in [-0.2, 0) is 5.41 Å². The van der Waals surface area contributed by atoms with Gasteiger partial charge in [0.2, 0.25) is 5.76 Å². The van der Waals surface area contributed by atoms with Gasteiger partial charge in [-0.25, -0.2) is 0 Å². The summed E-state index contributed by atoms with van der Waals surface area (Å²) < 4.78 is 5.83.